The third kappa shape index (κ3) is 3.92. The van der Waals surface area contributed by atoms with Gasteiger partial charge in [-0.05, 0) is 42.8 Å². The third-order valence-electron chi connectivity index (χ3n) is 5.16. The highest BCUT2D eigenvalue weighted by molar-refractivity contribution is 6.46. The van der Waals surface area contributed by atoms with Gasteiger partial charge in [-0.1, -0.05) is 47.5 Å². The molecule has 1 aliphatic heterocycles. The van der Waals surface area contributed by atoms with E-state index < -0.39 is 11.8 Å². The zero-order valence-corrected chi connectivity index (χ0v) is 18.6. The molecule has 0 saturated heterocycles. The minimum atomic E-state index is -0.485. The molecular weight excluding hydrogens is 428 g/mol. The van der Waals surface area contributed by atoms with E-state index in [1.54, 1.807) is 42.5 Å². The van der Waals surface area contributed by atoms with Crippen LogP contribution < -0.4 is 19.7 Å². The molecule has 3 aromatic carbocycles. The molecule has 0 unspecified atom stereocenters. The molecule has 7 heteroatoms. The Bertz CT molecular complexity index is 1230. The molecule has 0 fully saturated rings. The number of nitrogens with zero attached hydrogens (tertiary/aromatic N) is 1. The van der Waals surface area contributed by atoms with Crippen LogP contribution in [0.1, 0.15) is 11.1 Å². The van der Waals surface area contributed by atoms with E-state index >= 15 is 0 Å². The van der Waals surface area contributed by atoms with Crippen molar-refractivity contribution >= 4 is 40.4 Å². The lowest BCUT2D eigenvalue weighted by Crippen LogP contribution is -2.32. The van der Waals surface area contributed by atoms with E-state index in [0.717, 1.165) is 10.5 Å². The number of carbonyl (C=O) groups excluding carboxylic acids is 2. The van der Waals surface area contributed by atoms with Crippen LogP contribution >= 0.6 is 11.6 Å². The fraction of sp³-hybridized carbons (Fsp3) is 0.120. The number of rotatable bonds is 6. The highest BCUT2D eigenvalue weighted by atomic mass is 35.5. The Kier molecular flexibility index (Phi) is 5.88. The number of nitrogens with one attached hydrogen (secondary N) is 1. The summed E-state index contributed by atoms with van der Waals surface area (Å²) in [6.45, 7) is 1.96. The second-order valence-electron chi connectivity index (χ2n) is 7.23. The Balaban J connectivity index is 1.85. The first-order chi connectivity index (χ1) is 15.4. The van der Waals surface area contributed by atoms with Crippen LogP contribution in [0.4, 0.5) is 11.4 Å². The van der Waals surface area contributed by atoms with E-state index in [1.807, 2.05) is 31.2 Å². The van der Waals surface area contributed by atoms with Gasteiger partial charge >= 0.3 is 0 Å². The first-order valence-corrected chi connectivity index (χ1v) is 10.3. The van der Waals surface area contributed by atoms with Crippen molar-refractivity contribution in [1.29, 1.82) is 0 Å². The zero-order valence-electron chi connectivity index (χ0n) is 17.8. The van der Waals surface area contributed by atoms with Crippen LogP contribution in [-0.4, -0.2) is 26.0 Å². The number of halogens is 1. The molecule has 0 aromatic heterocycles. The Morgan fingerprint density at radius 3 is 2.31 bits per heavy atom. The van der Waals surface area contributed by atoms with Crippen molar-refractivity contribution in [3.8, 4) is 11.5 Å². The van der Waals surface area contributed by atoms with Crippen LogP contribution in [0.5, 0.6) is 11.5 Å². The maximum atomic E-state index is 13.5. The first-order valence-electron chi connectivity index (χ1n) is 9.87. The lowest BCUT2D eigenvalue weighted by atomic mass is 10.0. The van der Waals surface area contributed by atoms with Gasteiger partial charge < -0.3 is 14.8 Å². The van der Waals surface area contributed by atoms with Crippen LogP contribution in [0.3, 0.4) is 0 Å². The molecule has 1 N–H and O–H groups in total. The molecule has 0 aliphatic carbocycles. The van der Waals surface area contributed by atoms with Gasteiger partial charge in [-0.25, -0.2) is 4.90 Å². The van der Waals surface area contributed by atoms with Crippen molar-refractivity contribution < 1.29 is 19.1 Å². The quantitative estimate of drug-likeness (QED) is 0.534. The van der Waals surface area contributed by atoms with Crippen LogP contribution in [0.2, 0.25) is 5.02 Å². The minimum absolute atomic E-state index is 0.141. The number of amides is 2. The van der Waals surface area contributed by atoms with Crippen molar-refractivity contribution in [2.45, 2.75) is 6.92 Å². The van der Waals surface area contributed by atoms with Gasteiger partial charge in [0.2, 0.25) is 0 Å². The van der Waals surface area contributed by atoms with Crippen molar-refractivity contribution in [3.05, 3.63) is 88.6 Å². The summed E-state index contributed by atoms with van der Waals surface area (Å²) in [6, 6.07) is 19.3. The summed E-state index contributed by atoms with van der Waals surface area (Å²) in [7, 11) is 3.05. The lowest BCUT2D eigenvalue weighted by Gasteiger charge is -2.16. The zero-order chi connectivity index (χ0) is 22.8. The lowest BCUT2D eigenvalue weighted by molar-refractivity contribution is -0.120. The molecule has 0 saturated carbocycles. The number of anilines is 2. The Labute approximate surface area is 191 Å². The highest BCUT2D eigenvalue weighted by Gasteiger charge is 2.40. The van der Waals surface area contributed by atoms with Gasteiger partial charge in [0.15, 0.2) is 0 Å². The number of ether oxygens (including phenoxy) is 2. The molecule has 162 valence electrons. The molecule has 0 spiro atoms. The van der Waals surface area contributed by atoms with E-state index in [-0.39, 0.29) is 11.3 Å². The first kappa shape index (κ1) is 21.5. The van der Waals surface area contributed by atoms with Gasteiger partial charge in [0.25, 0.3) is 11.8 Å². The molecule has 3 aromatic rings. The molecule has 4 rings (SSSR count). The fourth-order valence-electron chi connectivity index (χ4n) is 3.53. The maximum Gasteiger partial charge on any atom is 0.282 e. The number of hydrogen-bond acceptors (Lipinski definition) is 5. The predicted octanol–water partition coefficient (Wildman–Crippen LogP) is 5.06. The highest BCUT2D eigenvalue weighted by Crippen LogP contribution is 2.37. The number of aryl methyl sites for hydroxylation is 1. The second-order valence-corrected chi connectivity index (χ2v) is 7.67. The summed E-state index contributed by atoms with van der Waals surface area (Å²) >= 11 is 6.17. The number of hydrogen-bond donors (Lipinski definition) is 1. The van der Waals surface area contributed by atoms with Gasteiger partial charge in [-0.3, -0.25) is 9.59 Å². The Morgan fingerprint density at radius 2 is 1.62 bits per heavy atom. The van der Waals surface area contributed by atoms with Crippen LogP contribution in [0.15, 0.2) is 72.4 Å². The van der Waals surface area contributed by atoms with E-state index in [1.165, 1.54) is 14.2 Å². The van der Waals surface area contributed by atoms with Crippen LogP contribution in [0, 0.1) is 6.92 Å². The van der Waals surface area contributed by atoms with Crippen molar-refractivity contribution in [1.82, 2.24) is 0 Å². The number of benzene rings is 3. The monoisotopic (exact) mass is 448 g/mol. The average molecular weight is 449 g/mol. The number of methoxy groups -OCH3 is 2. The minimum Gasteiger partial charge on any atom is -0.497 e. The molecule has 1 heterocycles. The molecule has 0 bridgehead atoms. The predicted molar refractivity (Wildman–Crippen MR) is 125 cm³/mol. The van der Waals surface area contributed by atoms with Crippen molar-refractivity contribution in [3.63, 3.8) is 0 Å². The summed E-state index contributed by atoms with van der Waals surface area (Å²) in [5.41, 5.74) is 2.97. The second kappa shape index (κ2) is 8.77. The molecule has 32 heavy (non-hydrogen) atoms. The molecule has 6 nitrogen and oxygen atoms in total. The smallest absolute Gasteiger partial charge is 0.282 e. The van der Waals surface area contributed by atoms with Crippen molar-refractivity contribution in [2.75, 3.05) is 24.4 Å². The van der Waals surface area contributed by atoms with Crippen molar-refractivity contribution in [2.24, 2.45) is 0 Å². The van der Waals surface area contributed by atoms with Crippen LogP contribution in [0.25, 0.3) is 5.57 Å². The average Bonchev–Trinajstić information content (AvgIpc) is 3.04. The number of imide groups is 1. The van der Waals surface area contributed by atoms with E-state index in [9.17, 15) is 9.59 Å². The summed E-state index contributed by atoms with van der Waals surface area (Å²) < 4.78 is 10.7. The molecular formula is C25H21ClN2O4. The summed E-state index contributed by atoms with van der Waals surface area (Å²) in [5.74, 6) is 0.111. The SMILES string of the molecule is COc1cccc(N2C(=O)C(Nc3cc(Cl)ccc3OC)=C(c3ccc(C)cc3)C2=O)c1. The Morgan fingerprint density at radius 1 is 0.875 bits per heavy atom. The van der Waals surface area contributed by atoms with E-state index in [2.05, 4.69) is 5.32 Å². The molecule has 0 radical (unpaired) electrons. The standard InChI is InChI=1S/C25H21ClN2O4/c1-15-7-9-16(10-8-15)22-23(27-20-13-17(26)11-12-21(20)32-3)25(30)28(24(22)29)18-5-4-6-19(14-18)31-2/h4-14,27H,1-3H3. The molecule has 0 atom stereocenters. The normalized spacial score (nSPS) is 13.6. The van der Waals surface area contributed by atoms with E-state index in [0.29, 0.717) is 33.5 Å². The molecule has 2 amide bonds. The van der Waals surface area contributed by atoms with Gasteiger partial charge in [-0.2, -0.15) is 0 Å². The van der Waals surface area contributed by atoms with Gasteiger partial charge in [0.1, 0.15) is 17.2 Å². The fourth-order valence-corrected chi connectivity index (χ4v) is 3.70. The largest absolute Gasteiger partial charge is 0.497 e. The van der Waals surface area contributed by atoms with Gasteiger partial charge in [0, 0.05) is 11.1 Å². The van der Waals surface area contributed by atoms with E-state index in [4.69, 9.17) is 21.1 Å². The van der Waals surface area contributed by atoms with Gasteiger partial charge in [-0.15, -0.1) is 0 Å². The van der Waals surface area contributed by atoms with Crippen LogP contribution in [-0.2, 0) is 9.59 Å². The molecule has 1 aliphatic rings. The van der Waals surface area contributed by atoms with Gasteiger partial charge in [0.05, 0.1) is 31.2 Å². The third-order valence-corrected chi connectivity index (χ3v) is 5.39. The summed E-state index contributed by atoms with van der Waals surface area (Å²) in [4.78, 5) is 28.2. The Hall–Kier alpha value is -3.77. The maximum absolute atomic E-state index is 13.5. The summed E-state index contributed by atoms with van der Waals surface area (Å²) in [5, 5.41) is 3.56. The summed E-state index contributed by atoms with van der Waals surface area (Å²) in [6.07, 6.45) is 0. The topological polar surface area (TPSA) is 67.9 Å². The number of carbonyl (C=O) groups is 2.